The first-order valence-electron chi connectivity index (χ1n) is 5.22. The van der Waals surface area contributed by atoms with Gasteiger partial charge in [0.05, 0.1) is 18.2 Å². The van der Waals surface area contributed by atoms with Crippen molar-refractivity contribution in [2.24, 2.45) is 0 Å². The van der Waals surface area contributed by atoms with E-state index in [2.05, 4.69) is 0 Å². The lowest BCUT2D eigenvalue weighted by molar-refractivity contribution is 0.0576. The predicted molar refractivity (Wildman–Crippen MR) is 67.5 cm³/mol. The molecule has 1 aromatic rings. The number of rotatable bonds is 2. The number of benzene rings is 1. The van der Waals surface area contributed by atoms with Crippen LogP contribution < -0.4 is 0 Å². The Morgan fingerprint density at radius 3 is 2.31 bits per heavy atom. The van der Waals surface area contributed by atoms with Crippen LogP contribution in [0.2, 0.25) is 0 Å². The summed E-state index contributed by atoms with van der Waals surface area (Å²) < 4.78 is 5.27. The summed E-state index contributed by atoms with van der Waals surface area (Å²) in [4.78, 5) is 2.04. The second-order valence-corrected chi connectivity index (χ2v) is 4.31. The molecule has 0 spiro atoms. The van der Waals surface area contributed by atoms with Crippen LogP contribution in [0.3, 0.4) is 0 Å². The molecule has 1 aromatic carbocycles. The standard InChI is InChI=1S/C12H13Cl2NO/c13-11(10-4-2-1-3-5-10)12(14)15-6-8-16-9-7-15/h1-5H,6-9H2/b12-11-. The Kier molecular flexibility index (Phi) is 4.10. The molecule has 2 rings (SSSR count). The van der Waals surface area contributed by atoms with Gasteiger partial charge in [-0.3, -0.25) is 0 Å². The maximum Gasteiger partial charge on any atom is 0.124 e. The molecule has 16 heavy (non-hydrogen) atoms. The summed E-state index contributed by atoms with van der Waals surface area (Å²) in [5, 5.41) is 1.21. The van der Waals surface area contributed by atoms with Crippen molar-refractivity contribution >= 4 is 28.2 Å². The van der Waals surface area contributed by atoms with E-state index in [0.29, 0.717) is 23.4 Å². The van der Waals surface area contributed by atoms with E-state index >= 15 is 0 Å². The molecule has 0 bridgehead atoms. The van der Waals surface area contributed by atoms with Gasteiger partial charge in [0.25, 0.3) is 0 Å². The number of hydrogen-bond donors (Lipinski definition) is 0. The Morgan fingerprint density at radius 1 is 1.06 bits per heavy atom. The summed E-state index contributed by atoms with van der Waals surface area (Å²) in [6.07, 6.45) is 0. The van der Waals surface area contributed by atoms with Crippen LogP contribution in [-0.4, -0.2) is 31.2 Å². The first-order chi connectivity index (χ1) is 7.79. The first-order valence-corrected chi connectivity index (χ1v) is 5.98. The maximum atomic E-state index is 6.26. The minimum absolute atomic E-state index is 0.601. The molecular formula is C12H13Cl2NO. The Bertz CT molecular complexity index is 372. The third kappa shape index (κ3) is 2.70. The monoisotopic (exact) mass is 257 g/mol. The van der Waals surface area contributed by atoms with Crippen molar-refractivity contribution in [3.8, 4) is 0 Å². The molecular weight excluding hydrogens is 245 g/mol. The molecule has 2 nitrogen and oxygen atoms in total. The summed E-state index contributed by atoms with van der Waals surface area (Å²) in [6.45, 7) is 2.99. The molecule has 0 atom stereocenters. The molecule has 0 unspecified atom stereocenters. The van der Waals surface area contributed by atoms with E-state index in [4.69, 9.17) is 27.9 Å². The second kappa shape index (κ2) is 5.58. The number of nitrogens with zero attached hydrogens (tertiary/aromatic N) is 1. The highest BCUT2D eigenvalue weighted by atomic mass is 35.5. The van der Waals surface area contributed by atoms with Crippen molar-refractivity contribution in [2.45, 2.75) is 0 Å². The van der Waals surface area contributed by atoms with Crippen molar-refractivity contribution in [2.75, 3.05) is 26.3 Å². The number of halogens is 2. The van der Waals surface area contributed by atoms with Gasteiger partial charge < -0.3 is 9.64 Å². The molecule has 1 aliphatic rings. The van der Waals surface area contributed by atoms with E-state index in [0.717, 1.165) is 18.7 Å². The van der Waals surface area contributed by atoms with Crippen LogP contribution in [0.4, 0.5) is 0 Å². The topological polar surface area (TPSA) is 12.5 Å². The lowest BCUT2D eigenvalue weighted by atomic mass is 10.2. The molecule has 0 amide bonds. The van der Waals surface area contributed by atoms with E-state index in [1.165, 1.54) is 0 Å². The van der Waals surface area contributed by atoms with E-state index in [1.807, 2.05) is 35.2 Å². The molecule has 1 aliphatic heterocycles. The van der Waals surface area contributed by atoms with E-state index in [-0.39, 0.29) is 0 Å². The minimum Gasteiger partial charge on any atom is -0.378 e. The first kappa shape index (κ1) is 11.8. The van der Waals surface area contributed by atoms with E-state index in [1.54, 1.807) is 0 Å². The lowest BCUT2D eigenvalue weighted by Gasteiger charge is -2.28. The fourth-order valence-electron chi connectivity index (χ4n) is 1.60. The molecule has 4 heteroatoms. The van der Waals surface area contributed by atoms with Gasteiger partial charge in [-0.15, -0.1) is 0 Å². The van der Waals surface area contributed by atoms with Crippen molar-refractivity contribution in [3.05, 3.63) is 41.1 Å². The Morgan fingerprint density at radius 2 is 1.69 bits per heavy atom. The van der Waals surface area contributed by atoms with E-state index in [9.17, 15) is 0 Å². The van der Waals surface area contributed by atoms with Crippen LogP contribution in [-0.2, 0) is 4.74 Å². The summed E-state index contributed by atoms with van der Waals surface area (Å²) in [6, 6.07) is 9.75. The number of morpholine rings is 1. The SMILES string of the molecule is Cl/C(=C(/Cl)N1CCOCC1)c1ccccc1. The quantitative estimate of drug-likeness (QED) is 0.756. The van der Waals surface area contributed by atoms with Crippen molar-refractivity contribution in [1.82, 2.24) is 4.90 Å². The highest BCUT2D eigenvalue weighted by Crippen LogP contribution is 2.28. The highest BCUT2D eigenvalue weighted by Gasteiger charge is 2.15. The average Bonchev–Trinajstić information content (AvgIpc) is 2.39. The zero-order chi connectivity index (χ0) is 11.4. The number of hydrogen-bond acceptors (Lipinski definition) is 2. The number of ether oxygens (including phenoxy) is 1. The van der Waals surface area contributed by atoms with Gasteiger partial charge in [-0.25, -0.2) is 0 Å². The Hall–Kier alpha value is -0.700. The van der Waals surface area contributed by atoms with Crippen molar-refractivity contribution < 1.29 is 4.74 Å². The normalized spacial score (nSPS) is 18.2. The fraction of sp³-hybridized carbons (Fsp3) is 0.333. The molecule has 86 valence electrons. The van der Waals surface area contributed by atoms with Gasteiger partial charge in [0.1, 0.15) is 5.16 Å². The lowest BCUT2D eigenvalue weighted by Crippen LogP contribution is -2.34. The molecule has 1 heterocycles. The Labute approximate surface area is 105 Å². The van der Waals surface area contributed by atoms with Crippen LogP contribution in [0, 0.1) is 0 Å². The summed E-state index contributed by atoms with van der Waals surface area (Å²) in [7, 11) is 0. The predicted octanol–water partition coefficient (Wildman–Crippen LogP) is 3.12. The molecule has 0 N–H and O–H groups in total. The van der Waals surface area contributed by atoms with E-state index < -0.39 is 0 Å². The van der Waals surface area contributed by atoms with Crippen LogP contribution in [0.5, 0.6) is 0 Å². The van der Waals surface area contributed by atoms with Gasteiger partial charge in [-0.1, -0.05) is 53.5 Å². The molecule has 0 aromatic heterocycles. The van der Waals surface area contributed by atoms with Crippen LogP contribution in [0.25, 0.3) is 5.03 Å². The van der Waals surface area contributed by atoms with Gasteiger partial charge in [0, 0.05) is 13.1 Å². The van der Waals surface area contributed by atoms with Crippen molar-refractivity contribution in [1.29, 1.82) is 0 Å². The van der Waals surface area contributed by atoms with Crippen molar-refractivity contribution in [3.63, 3.8) is 0 Å². The maximum absolute atomic E-state index is 6.26. The summed E-state index contributed by atoms with van der Waals surface area (Å²) >= 11 is 12.5. The zero-order valence-electron chi connectivity index (χ0n) is 8.83. The van der Waals surface area contributed by atoms with Gasteiger partial charge in [-0.2, -0.15) is 0 Å². The zero-order valence-corrected chi connectivity index (χ0v) is 10.3. The Balaban J connectivity index is 2.19. The molecule has 1 saturated heterocycles. The smallest absolute Gasteiger partial charge is 0.124 e. The summed E-state index contributed by atoms with van der Waals surface area (Å²) in [5.41, 5.74) is 0.945. The van der Waals surface area contributed by atoms with Gasteiger partial charge in [0.2, 0.25) is 0 Å². The molecule has 0 radical (unpaired) electrons. The highest BCUT2D eigenvalue weighted by molar-refractivity contribution is 6.54. The third-order valence-corrected chi connectivity index (χ3v) is 3.42. The minimum atomic E-state index is 0.601. The summed E-state index contributed by atoms with van der Waals surface area (Å²) in [5.74, 6) is 0. The largest absolute Gasteiger partial charge is 0.378 e. The average molecular weight is 258 g/mol. The third-order valence-electron chi connectivity index (χ3n) is 2.50. The van der Waals surface area contributed by atoms with Gasteiger partial charge in [0.15, 0.2) is 0 Å². The van der Waals surface area contributed by atoms with Crippen LogP contribution in [0.1, 0.15) is 5.56 Å². The second-order valence-electron chi connectivity index (χ2n) is 3.57. The molecule has 0 saturated carbocycles. The van der Waals surface area contributed by atoms with Crippen LogP contribution in [0.15, 0.2) is 35.5 Å². The fourth-order valence-corrected chi connectivity index (χ4v) is 2.13. The van der Waals surface area contributed by atoms with Crippen LogP contribution >= 0.6 is 23.2 Å². The molecule has 0 aliphatic carbocycles. The molecule has 1 fully saturated rings. The van der Waals surface area contributed by atoms with Gasteiger partial charge in [-0.05, 0) is 5.56 Å². The van der Waals surface area contributed by atoms with Gasteiger partial charge >= 0.3 is 0 Å².